The van der Waals surface area contributed by atoms with E-state index in [1.54, 1.807) is 17.1 Å². The monoisotopic (exact) mass is 282 g/mol. The summed E-state index contributed by atoms with van der Waals surface area (Å²) in [7, 11) is 0. The number of amides is 2. The van der Waals surface area contributed by atoms with Gasteiger partial charge in [0.25, 0.3) is 0 Å². The van der Waals surface area contributed by atoms with Crippen LogP contribution < -0.4 is 10.6 Å². The number of nitrogens with zero attached hydrogens (tertiary/aromatic N) is 2. The van der Waals surface area contributed by atoms with Gasteiger partial charge in [0, 0.05) is 18.8 Å². The molecule has 2 rings (SSSR count). The summed E-state index contributed by atoms with van der Waals surface area (Å²) in [6.45, 7) is 7.58. The molecule has 1 saturated heterocycles. The summed E-state index contributed by atoms with van der Waals surface area (Å²) in [6, 6.07) is -0.122. The molecule has 0 radical (unpaired) electrons. The summed E-state index contributed by atoms with van der Waals surface area (Å²) < 4.78 is 12.6. The Kier molecular flexibility index (Phi) is 4.97. The number of aromatic nitrogens is 2. The summed E-state index contributed by atoms with van der Waals surface area (Å²) in [6.07, 6.45) is 3.35. The third kappa shape index (κ3) is 3.71. The fourth-order valence-electron chi connectivity index (χ4n) is 2.07. The van der Waals surface area contributed by atoms with Crippen LogP contribution in [0.1, 0.15) is 26.8 Å². The molecule has 2 heterocycles. The zero-order valence-corrected chi connectivity index (χ0v) is 12.1. The van der Waals surface area contributed by atoms with Crippen molar-refractivity contribution in [3.8, 4) is 0 Å². The molecule has 0 bridgehead atoms. The van der Waals surface area contributed by atoms with E-state index in [1.165, 1.54) is 0 Å². The standard InChI is InChI=1S/C13H22N4O3/c1-4-20-12-8-19-7-11(12)16-13(18)15-10-5-14-17(6-10)9(2)3/h5-6,9,11-12H,4,7-8H2,1-3H3,(H2,15,16,18)/t11-,12-/m0/s1. The van der Waals surface area contributed by atoms with Crippen molar-refractivity contribution in [3.63, 3.8) is 0 Å². The normalized spacial score (nSPS) is 22.2. The van der Waals surface area contributed by atoms with Crippen LogP contribution in [0.4, 0.5) is 10.5 Å². The second-order valence-corrected chi connectivity index (χ2v) is 5.04. The summed E-state index contributed by atoms with van der Waals surface area (Å²) in [5.74, 6) is 0. The van der Waals surface area contributed by atoms with E-state index >= 15 is 0 Å². The highest BCUT2D eigenvalue weighted by atomic mass is 16.5. The topological polar surface area (TPSA) is 77.4 Å². The van der Waals surface area contributed by atoms with Crippen molar-refractivity contribution < 1.29 is 14.3 Å². The predicted molar refractivity (Wildman–Crippen MR) is 74.8 cm³/mol. The Labute approximate surface area is 118 Å². The van der Waals surface area contributed by atoms with Crippen LogP contribution in [-0.4, -0.2) is 47.8 Å². The fraction of sp³-hybridized carbons (Fsp3) is 0.692. The number of carbonyl (C=O) groups excluding carboxylic acids is 1. The van der Waals surface area contributed by atoms with Crippen molar-refractivity contribution in [3.05, 3.63) is 12.4 Å². The van der Waals surface area contributed by atoms with Gasteiger partial charge in [-0.1, -0.05) is 0 Å². The molecular formula is C13H22N4O3. The molecule has 1 fully saturated rings. The Balaban J connectivity index is 1.85. The zero-order valence-electron chi connectivity index (χ0n) is 12.1. The molecule has 0 aromatic carbocycles. The van der Waals surface area contributed by atoms with Gasteiger partial charge in [-0.3, -0.25) is 4.68 Å². The van der Waals surface area contributed by atoms with Crippen molar-refractivity contribution in [2.24, 2.45) is 0 Å². The smallest absolute Gasteiger partial charge is 0.319 e. The number of hydrogen-bond acceptors (Lipinski definition) is 4. The van der Waals surface area contributed by atoms with Crippen LogP contribution >= 0.6 is 0 Å². The molecule has 7 nitrogen and oxygen atoms in total. The average Bonchev–Trinajstić information content (AvgIpc) is 3.00. The minimum absolute atomic E-state index is 0.0795. The number of hydrogen-bond donors (Lipinski definition) is 2. The Morgan fingerprint density at radius 1 is 1.60 bits per heavy atom. The van der Waals surface area contributed by atoms with Crippen LogP contribution in [0, 0.1) is 0 Å². The van der Waals surface area contributed by atoms with Gasteiger partial charge >= 0.3 is 6.03 Å². The van der Waals surface area contributed by atoms with Crippen LogP contribution in [0.3, 0.4) is 0 Å². The average molecular weight is 282 g/mol. The van der Waals surface area contributed by atoms with Gasteiger partial charge in [0.15, 0.2) is 0 Å². The first-order valence-corrected chi connectivity index (χ1v) is 6.91. The van der Waals surface area contributed by atoms with Crippen molar-refractivity contribution in [2.75, 3.05) is 25.1 Å². The molecule has 2 atom stereocenters. The second-order valence-electron chi connectivity index (χ2n) is 5.04. The summed E-state index contributed by atoms with van der Waals surface area (Å²) in [4.78, 5) is 11.9. The quantitative estimate of drug-likeness (QED) is 0.855. The van der Waals surface area contributed by atoms with Crippen LogP contribution in [-0.2, 0) is 9.47 Å². The van der Waals surface area contributed by atoms with Gasteiger partial charge < -0.3 is 20.1 Å². The van der Waals surface area contributed by atoms with Crippen molar-refractivity contribution in [1.29, 1.82) is 0 Å². The van der Waals surface area contributed by atoms with E-state index < -0.39 is 0 Å². The van der Waals surface area contributed by atoms with E-state index in [0.717, 1.165) is 0 Å². The number of urea groups is 1. The van der Waals surface area contributed by atoms with Crippen molar-refractivity contribution in [1.82, 2.24) is 15.1 Å². The summed E-state index contributed by atoms with van der Waals surface area (Å²) >= 11 is 0. The Morgan fingerprint density at radius 3 is 3.05 bits per heavy atom. The zero-order chi connectivity index (χ0) is 14.5. The number of carbonyl (C=O) groups is 1. The molecule has 1 aliphatic rings. The lowest BCUT2D eigenvalue weighted by molar-refractivity contribution is 0.0428. The molecular weight excluding hydrogens is 260 g/mol. The molecule has 1 aliphatic heterocycles. The summed E-state index contributed by atoms with van der Waals surface area (Å²) in [5.41, 5.74) is 0.670. The lowest BCUT2D eigenvalue weighted by Gasteiger charge is -2.18. The third-order valence-corrected chi connectivity index (χ3v) is 3.11. The summed E-state index contributed by atoms with van der Waals surface area (Å²) in [5, 5.41) is 9.80. The van der Waals surface area contributed by atoms with Gasteiger partial charge in [0.1, 0.15) is 6.10 Å². The van der Waals surface area contributed by atoms with E-state index in [2.05, 4.69) is 15.7 Å². The molecule has 112 valence electrons. The SMILES string of the molecule is CCO[C@H]1COC[C@@H]1NC(=O)Nc1cnn(C(C)C)c1. The molecule has 1 aromatic heterocycles. The van der Waals surface area contributed by atoms with E-state index in [0.29, 0.717) is 25.5 Å². The van der Waals surface area contributed by atoms with Gasteiger partial charge in [-0.25, -0.2) is 4.79 Å². The van der Waals surface area contributed by atoms with Crippen LogP contribution in [0.2, 0.25) is 0 Å². The Hall–Kier alpha value is -1.60. The van der Waals surface area contributed by atoms with Gasteiger partial charge in [-0.15, -0.1) is 0 Å². The first-order chi connectivity index (χ1) is 9.60. The molecule has 0 unspecified atom stereocenters. The maximum absolute atomic E-state index is 11.9. The molecule has 2 amide bonds. The maximum atomic E-state index is 11.9. The number of anilines is 1. The fourth-order valence-corrected chi connectivity index (χ4v) is 2.07. The van der Waals surface area contributed by atoms with Gasteiger partial charge in [-0.2, -0.15) is 5.10 Å². The molecule has 0 saturated carbocycles. The second kappa shape index (κ2) is 6.71. The van der Waals surface area contributed by atoms with Gasteiger partial charge in [0.2, 0.25) is 0 Å². The van der Waals surface area contributed by atoms with Crippen molar-refractivity contribution in [2.45, 2.75) is 39.0 Å². The lowest BCUT2D eigenvalue weighted by Crippen LogP contribution is -2.45. The van der Waals surface area contributed by atoms with E-state index in [9.17, 15) is 4.79 Å². The predicted octanol–water partition coefficient (Wildman–Crippen LogP) is 1.39. The number of ether oxygens (including phenoxy) is 2. The van der Waals surface area contributed by atoms with E-state index in [1.807, 2.05) is 20.8 Å². The number of rotatable bonds is 5. The highest BCUT2D eigenvalue weighted by Gasteiger charge is 2.30. The minimum Gasteiger partial charge on any atom is -0.376 e. The first-order valence-electron chi connectivity index (χ1n) is 6.91. The third-order valence-electron chi connectivity index (χ3n) is 3.11. The molecule has 0 aliphatic carbocycles. The van der Waals surface area contributed by atoms with E-state index in [-0.39, 0.29) is 24.2 Å². The molecule has 7 heteroatoms. The van der Waals surface area contributed by atoms with Gasteiger partial charge in [-0.05, 0) is 20.8 Å². The Morgan fingerprint density at radius 2 is 2.40 bits per heavy atom. The van der Waals surface area contributed by atoms with E-state index in [4.69, 9.17) is 9.47 Å². The highest BCUT2D eigenvalue weighted by Crippen LogP contribution is 2.12. The molecule has 2 N–H and O–H groups in total. The van der Waals surface area contributed by atoms with Crippen LogP contribution in [0.5, 0.6) is 0 Å². The maximum Gasteiger partial charge on any atom is 0.319 e. The van der Waals surface area contributed by atoms with Crippen molar-refractivity contribution >= 4 is 11.7 Å². The number of nitrogens with one attached hydrogen (secondary N) is 2. The van der Waals surface area contributed by atoms with Gasteiger partial charge in [0.05, 0.1) is 31.1 Å². The van der Waals surface area contributed by atoms with Crippen LogP contribution in [0.25, 0.3) is 0 Å². The first kappa shape index (κ1) is 14.8. The molecule has 1 aromatic rings. The minimum atomic E-state index is -0.270. The Bertz CT molecular complexity index is 447. The molecule has 20 heavy (non-hydrogen) atoms. The van der Waals surface area contributed by atoms with Crippen LogP contribution in [0.15, 0.2) is 12.4 Å². The highest BCUT2D eigenvalue weighted by molar-refractivity contribution is 5.89. The molecule has 0 spiro atoms. The largest absolute Gasteiger partial charge is 0.376 e. The lowest BCUT2D eigenvalue weighted by atomic mass is 10.2.